The predicted molar refractivity (Wildman–Crippen MR) is 104 cm³/mol. The highest BCUT2D eigenvalue weighted by Gasteiger charge is 2.32. The molecule has 0 aliphatic carbocycles. The Morgan fingerprint density at radius 3 is 2.89 bits per heavy atom. The zero-order valence-electron chi connectivity index (χ0n) is 15.3. The molecule has 0 radical (unpaired) electrons. The van der Waals surface area contributed by atoms with Crippen molar-refractivity contribution >= 4 is 22.9 Å². The van der Waals surface area contributed by atoms with Crippen molar-refractivity contribution in [1.29, 1.82) is 0 Å². The van der Waals surface area contributed by atoms with Gasteiger partial charge >= 0.3 is 0 Å². The maximum absolute atomic E-state index is 14.2. The van der Waals surface area contributed by atoms with Gasteiger partial charge in [0, 0.05) is 37.2 Å². The third kappa shape index (κ3) is 2.73. The summed E-state index contributed by atoms with van der Waals surface area (Å²) < 4.78 is 17.6. The Kier molecular flexibility index (Phi) is 3.86. The van der Waals surface area contributed by atoms with E-state index < -0.39 is 6.17 Å². The van der Waals surface area contributed by atoms with Crippen molar-refractivity contribution in [3.05, 3.63) is 36.8 Å². The number of likely N-dealkylation sites (N-methyl/N-ethyl adjacent to an activating group) is 1. The Balaban J connectivity index is 1.49. The van der Waals surface area contributed by atoms with E-state index in [4.69, 9.17) is 5.73 Å². The number of anilines is 2. The molecule has 10 heteroatoms. The Hall–Kier alpha value is -3.27. The van der Waals surface area contributed by atoms with Gasteiger partial charge in [-0.3, -0.25) is 4.90 Å². The van der Waals surface area contributed by atoms with Crippen LogP contribution in [0.1, 0.15) is 6.92 Å². The van der Waals surface area contributed by atoms with Gasteiger partial charge in [-0.1, -0.05) is 6.92 Å². The normalized spacial score (nSPS) is 20.4. The fourth-order valence-corrected chi connectivity index (χ4v) is 3.68. The minimum Gasteiger partial charge on any atom is -0.382 e. The molecule has 0 saturated carbocycles. The lowest BCUT2D eigenvalue weighted by Gasteiger charge is -2.15. The van der Waals surface area contributed by atoms with Crippen LogP contribution in [0.2, 0.25) is 0 Å². The van der Waals surface area contributed by atoms with Gasteiger partial charge in [0.2, 0.25) is 5.95 Å². The summed E-state index contributed by atoms with van der Waals surface area (Å²) in [6.45, 7) is 3.87. The average Bonchev–Trinajstić information content (AvgIpc) is 3.39. The number of hydrogen-bond acceptors (Lipinski definition) is 7. The van der Waals surface area contributed by atoms with Crippen LogP contribution in [0, 0.1) is 0 Å². The van der Waals surface area contributed by atoms with Gasteiger partial charge < -0.3 is 11.1 Å². The number of nitrogens with one attached hydrogen (secondary N) is 1. The number of alkyl halides is 1. The molecular formula is C18H20FN9. The van der Waals surface area contributed by atoms with Crippen LogP contribution < -0.4 is 11.1 Å². The van der Waals surface area contributed by atoms with Gasteiger partial charge in [0.25, 0.3) is 0 Å². The number of fused-ring (bicyclic) bond motifs is 2. The Morgan fingerprint density at radius 2 is 2.07 bits per heavy atom. The molecular weight excluding hydrogens is 361 g/mol. The lowest BCUT2D eigenvalue weighted by Crippen LogP contribution is -2.31. The van der Waals surface area contributed by atoms with E-state index in [-0.39, 0.29) is 6.04 Å². The molecule has 2 atom stereocenters. The first-order valence-corrected chi connectivity index (χ1v) is 9.21. The van der Waals surface area contributed by atoms with Crippen LogP contribution in [-0.4, -0.2) is 65.9 Å². The molecule has 1 saturated heterocycles. The number of aromatic nitrogens is 6. The summed E-state index contributed by atoms with van der Waals surface area (Å²) in [5, 5.41) is 12.1. The largest absolute Gasteiger partial charge is 0.382 e. The van der Waals surface area contributed by atoms with E-state index in [1.165, 1.54) is 0 Å². The molecule has 9 nitrogen and oxygen atoms in total. The summed E-state index contributed by atoms with van der Waals surface area (Å²) in [6, 6.07) is 5.31. The highest BCUT2D eigenvalue weighted by molar-refractivity contribution is 5.86. The quantitative estimate of drug-likeness (QED) is 0.552. The van der Waals surface area contributed by atoms with Crippen LogP contribution in [0.3, 0.4) is 0 Å². The number of likely N-dealkylation sites (tertiary alicyclic amines) is 1. The standard InChI is InChI=1S/C18H20FN9/c1-2-26-9-12(19)14(10-26)22-18-23-17(20)16-11(5-7-28(16)25-18)13-3-4-15-21-6-8-27(15)24-13/h3-8,12,14H,2,9-10H2,1H3,(H3,20,22,23,25)/t12-,14+/m0/s1. The van der Waals surface area contributed by atoms with Gasteiger partial charge in [0.05, 0.1) is 11.7 Å². The van der Waals surface area contributed by atoms with Crippen LogP contribution >= 0.6 is 0 Å². The van der Waals surface area contributed by atoms with E-state index in [0.29, 0.717) is 30.4 Å². The fourth-order valence-electron chi connectivity index (χ4n) is 3.68. The van der Waals surface area contributed by atoms with Crippen molar-refractivity contribution in [2.45, 2.75) is 19.1 Å². The Morgan fingerprint density at radius 1 is 1.18 bits per heavy atom. The SMILES string of the molecule is CCN1C[C@H](F)[C@H](Nc2nc(N)c3c(-c4ccc5nccn5n4)ccn3n2)C1. The van der Waals surface area contributed by atoms with E-state index >= 15 is 0 Å². The highest BCUT2D eigenvalue weighted by Crippen LogP contribution is 2.28. The van der Waals surface area contributed by atoms with E-state index in [1.54, 1.807) is 27.6 Å². The molecule has 1 aliphatic rings. The molecule has 0 aromatic carbocycles. The lowest BCUT2D eigenvalue weighted by atomic mass is 10.2. The van der Waals surface area contributed by atoms with Gasteiger partial charge in [-0.2, -0.15) is 10.1 Å². The van der Waals surface area contributed by atoms with Gasteiger partial charge in [0.1, 0.15) is 11.7 Å². The minimum atomic E-state index is -0.966. The van der Waals surface area contributed by atoms with Crippen molar-refractivity contribution in [3.63, 3.8) is 0 Å². The number of halogens is 1. The number of nitrogens with two attached hydrogens (primary N) is 1. The second-order valence-corrected chi connectivity index (χ2v) is 6.91. The third-order valence-electron chi connectivity index (χ3n) is 5.15. The van der Waals surface area contributed by atoms with Crippen LogP contribution in [0.25, 0.3) is 22.4 Å². The molecule has 1 fully saturated rings. The summed E-state index contributed by atoms with van der Waals surface area (Å²) >= 11 is 0. The maximum atomic E-state index is 14.2. The first kappa shape index (κ1) is 16.9. The summed E-state index contributed by atoms with van der Waals surface area (Å²) in [5.74, 6) is 0.626. The Bertz CT molecular complexity index is 1150. The molecule has 3 N–H and O–H groups in total. The van der Waals surface area contributed by atoms with Crippen molar-refractivity contribution in [2.75, 3.05) is 30.7 Å². The summed E-state index contributed by atoms with van der Waals surface area (Å²) in [5.41, 5.74) is 9.22. The smallest absolute Gasteiger partial charge is 0.243 e. The molecule has 0 spiro atoms. The van der Waals surface area contributed by atoms with E-state index in [1.807, 2.05) is 25.1 Å². The van der Waals surface area contributed by atoms with E-state index in [0.717, 1.165) is 23.4 Å². The van der Waals surface area contributed by atoms with Crippen LogP contribution in [0.4, 0.5) is 16.2 Å². The number of nitrogen functional groups attached to an aromatic ring is 1. The summed E-state index contributed by atoms with van der Waals surface area (Å²) in [4.78, 5) is 10.6. The minimum absolute atomic E-state index is 0.311. The first-order valence-electron chi connectivity index (χ1n) is 9.21. The Labute approximate surface area is 160 Å². The summed E-state index contributed by atoms with van der Waals surface area (Å²) in [7, 11) is 0. The molecule has 5 heterocycles. The lowest BCUT2D eigenvalue weighted by molar-refractivity contribution is 0.295. The fraction of sp³-hybridized carbons (Fsp3) is 0.333. The zero-order chi connectivity index (χ0) is 19.3. The second-order valence-electron chi connectivity index (χ2n) is 6.91. The first-order chi connectivity index (χ1) is 13.6. The van der Waals surface area contributed by atoms with E-state index in [9.17, 15) is 4.39 Å². The zero-order valence-corrected chi connectivity index (χ0v) is 15.3. The van der Waals surface area contributed by atoms with Crippen molar-refractivity contribution in [3.8, 4) is 11.3 Å². The van der Waals surface area contributed by atoms with Crippen LogP contribution in [0.5, 0.6) is 0 Å². The van der Waals surface area contributed by atoms with Gasteiger partial charge in [-0.25, -0.2) is 18.4 Å². The molecule has 0 unspecified atom stereocenters. The average molecular weight is 381 g/mol. The molecule has 0 bridgehead atoms. The molecule has 0 amide bonds. The topological polar surface area (TPSA) is 102 Å². The number of nitrogens with zero attached hydrogens (tertiary/aromatic N) is 7. The number of hydrogen-bond donors (Lipinski definition) is 2. The van der Waals surface area contributed by atoms with Gasteiger partial charge in [-0.15, -0.1) is 5.10 Å². The van der Waals surface area contributed by atoms with Gasteiger partial charge in [0.15, 0.2) is 11.5 Å². The number of imidazole rings is 1. The van der Waals surface area contributed by atoms with Gasteiger partial charge in [-0.05, 0) is 24.7 Å². The molecule has 5 rings (SSSR count). The van der Waals surface area contributed by atoms with Crippen LogP contribution in [0.15, 0.2) is 36.8 Å². The van der Waals surface area contributed by atoms with E-state index in [2.05, 4.69) is 30.4 Å². The molecule has 4 aromatic rings. The summed E-state index contributed by atoms with van der Waals surface area (Å²) in [6.07, 6.45) is 4.31. The molecule has 28 heavy (non-hydrogen) atoms. The van der Waals surface area contributed by atoms with Crippen molar-refractivity contribution in [2.24, 2.45) is 0 Å². The predicted octanol–water partition coefficient (Wildman–Crippen LogP) is 1.48. The van der Waals surface area contributed by atoms with Crippen molar-refractivity contribution < 1.29 is 4.39 Å². The maximum Gasteiger partial charge on any atom is 0.243 e. The highest BCUT2D eigenvalue weighted by atomic mass is 19.1. The van der Waals surface area contributed by atoms with Crippen molar-refractivity contribution in [1.82, 2.24) is 34.1 Å². The van der Waals surface area contributed by atoms with Crippen LogP contribution in [-0.2, 0) is 0 Å². The second kappa shape index (κ2) is 6.41. The number of rotatable bonds is 4. The molecule has 144 valence electrons. The third-order valence-corrected chi connectivity index (χ3v) is 5.15. The molecule has 4 aromatic heterocycles. The molecule has 1 aliphatic heterocycles. The monoisotopic (exact) mass is 381 g/mol.